The second-order valence-electron chi connectivity index (χ2n) is 5.72. The molecular formula is C13H22N4O. The van der Waals surface area contributed by atoms with Gasteiger partial charge in [-0.15, -0.1) is 10.2 Å². The first-order valence-electron chi connectivity index (χ1n) is 7.06. The fourth-order valence-electron chi connectivity index (χ4n) is 2.87. The van der Waals surface area contributed by atoms with Crippen LogP contribution in [0, 0.1) is 5.41 Å². The molecule has 0 radical (unpaired) electrons. The summed E-state index contributed by atoms with van der Waals surface area (Å²) in [6.45, 7) is 3.18. The number of aromatic nitrogens is 3. The molecule has 1 saturated carbocycles. The topological polar surface area (TPSA) is 63.0 Å². The van der Waals surface area contributed by atoms with E-state index in [-0.39, 0.29) is 0 Å². The van der Waals surface area contributed by atoms with Crippen LogP contribution in [0.5, 0.6) is 0 Å². The van der Waals surface area contributed by atoms with E-state index in [0.29, 0.717) is 12.0 Å². The van der Waals surface area contributed by atoms with Crippen molar-refractivity contribution in [1.29, 1.82) is 0 Å². The van der Waals surface area contributed by atoms with Crippen LogP contribution in [0.4, 0.5) is 0 Å². The summed E-state index contributed by atoms with van der Waals surface area (Å²) in [4.78, 5) is 0. The summed E-state index contributed by atoms with van der Waals surface area (Å²) in [7, 11) is 0. The van der Waals surface area contributed by atoms with Crippen LogP contribution < -0.4 is 5.32 Å². The zero-order valence-corrected chi connectivity index (χ0v) is 10.9. The number of rotatable bonds is 6. The van der Waals surface area contributed by atoms with Crippen molar-refractivity contribution in [3.63, 3.8) is 0 Å². The number of nitrogens with zero attached hydrogens (tertiary/aromatic N) is 3. The zero-order chi connectivity index (χ0) is 12.4. The highest BCUT2D eigenvalue weighted by molar-refractivity contribution is 5.00. The van der Waals surface area contributed by atoms with E-state index in [2.05, 4.69) is 20.1 Å². The molecule has 1 aliphatic heterocycles. The molecule has 2 N–H and O–H groups in total. The van der Waals surface area contributed by atoms with Gasteiger partial charge in [0.05, 0.1) is 6.54 Å². The fourth-order valence-corrected chi connectivity index (χ4v) is 2.87. The minimum absolute atomic E-state index is 0.308. The van der Waals surface area contributed by atoms with Crippen LogP contribution in [-0.4, -0.2) is 33.0 Å². The number of nitrogens with one attached hydrogen (secondary N) is 1. The fraction of sp³-hybridized carbons (Fsp3) is 0.846. The van der Waals surface area contributed by atoms with E-state index >= 15 is 0 Å². The molecular weight excluding hydrogens is 228 g/mol. The van der Waals surface area contributed by atoms with Crippen molar-refractivity contribution in [3.05, 3.63) is 11.6 Å². The van der Waals surface area contributed by atoms with Crippen LogP contribution in [-0.2, 0) is 19.5 Å². The van der Waals surface area contributed by atoms with Gasteiger partial charge in [-0.3, -0.25) is 0 Å². The van der Waals surface area contributed by atoms with E-state index in [1.54, 1.807) is 0 Å². The van der Waals surface area contributed by atoms with Gasteiger partial charge in [-0.2, -0.15) is 0 Å². The Balaban J connectivity index is 1.53. The van der Waals surface area contributed by atoms with Gasteiger partial charge in [0, 0.05) is 26.1 Å². The van der Waals surface area contributed by atoms with Crippen molar-refractivity contribution in [2.75, 3.05) is 13.2 Å². The number of aliphatic hydroxyl groups is 1. The first-order valence-corrected chi connectivity index (χ1v) is 7.06. The monoisotopic (exact) mass is 250 g/mol. The first kappa shape index (κ1) is 12.1. The van der Waals surface area contributed by atoms with Crippen LogP contribution in [0.1, 0.15) is 43.8 Å². The maximum Gasteiger partial charge on any atom is 0.147 e. The van der Waals surface area contributed by atoms with Crippen LogP contribution >= 0.6 is 0 Å². The zero-order valence-electron chi connectivity index (χ0n) is 10.9. The van der Waals surface area contributed by atoms with Crippen LogP contribution in [0.2, 0.25) is 0 Å². The molecule has 0 atom stereocenters. The average molecular weight is 250 g/mol. The predicted molar refractivity (Wildman–Crippen MR) is 68.0 cm³/mol. The van der Waals surface area contributed by atoms with Crippen molar-refractivity contribution in [2.45, 2.75) is 51.6 Å². The maximum absolute atomic E-state index is 9.03. The largest absolute Gasteiger partial charge is 0.396 e. The molecule has 1 aromatic heterocycles. The Morgan fingerprint density at radius 3 is 2.94 bits per heavy atom. The minimum Gasteiger partial charge on any atom is -0.396 e. The van der Waals surface area contributed by atoms with E-state index in [4.69, 9.17) is 5.11 Å². The summed E-state index contributed by atoms with van der Waals surface area (Å²) in [5, 5.41) is 21.1. The Labute approximate surface area is 108 Å². The smallest absolute Gasteiger partial charge is 0.147 e. The molecule has 0 bridgehead atoms. The number of aliphatic hydroxyl groups excluding tert-OH is 1. The molecule has 100 valence electrons. The molecule has 18 heavy (non-hydrogen) atoms. The van der Waals surface area contributed by atoms with Crippen LogP contribution in [0.25, 0.3) is 0 Å². The summed E-state index contributed by atoms with van der Waals surface area (Å²) in [5.41, 5.74) is 0.375. The molecule has 1 aliphatic carbocycles. The normalized spacial score (nSPS) is 20.7. The highest BCUT2D eigenvalue weighted by atomic mass is 16.3. The van der Waals surface area contributed by atoms with Gasteiger partial charge in [0.2, 0.25) is 0 Å². The lowest BCUT2D eigenvalue weighted by atomic mass is 10.0. The molecule has 2 aliphatic rings. The highest BCUT2D eigenvalue weighted by Gasteiger charge is 2.41. The second-order valence-corrected chi connectivity index (χ2v) is 5.72. The highest BCUT2D eigenvalue weighted by Crippen LogP contribution is 2.47. The number of hydrogen-bond donors (Lipinski definition) is 2. The molecule has 5 heteroatoms. The van der Waals surface area contributed by atoms with E-state index in [1.807, 2.05) is 0 Å². The Kier molecular flexibility index (Phi) is 3.35. The van der Waals surface area contributed by atoms with E-state index < -0.39 is 0 Å². The standard InChI is InChI=1S/C13H22N4O/c18-8-6-13(4-5-13)10-14-9-12-16-15-11-3-1-2-7-17(11)12/h14,18H,1-10H2. The van der Waals surface area contributed by atoms with Gasteiger partial charge in [-0.1, -0.05) is 0 Å². The molecule has 0 amide bonds. The molecule has 1 aromatic rings. The van der Waals surface area contributed by atoms with Crippen molar-refractivity contribution >= 4 is 0 Å². The van der Waals surface area contributed by atoms with Gasteiger partial charge in [0.15, 0.2) is 0 Å². The van der Waals surface area contributed by atoms with E-state index in [1.165, 1.54) is 25.7 Å². The lowest BCUT2D eigenvalue weighted by Gasteiger charge is -2.17. The first-order chi connectivity index (χ1) is 8.83. The summed E-state index contributed by atoms with van der Waals surface area (Å²) in [5.74, 6) is 2.22. The molecule has 2 heterocycles. The molecule has 0 unspecified atom stereocenters. The van der Waals surface area contributed by atoms with Gasteiger partial charge < -0.3 is 15.0 Å². The second kappa shape index (κ2) is 4.97. The third-order valence-corrected chi connectivity index (χ3v) is 4.32. The van der Waals surface area contributed by atoms with Gasteiger partial charge in [-0.05, 0) is 37.5 Å². The average Bonchev–Trinajstić information content (AvgIpc) is 3.02. The van der Waals surface area contributed by atoms with Crippen molar-refractivity contribution < 1.29 is 5.11 Å². The number of aryl methyl sites for hydroxylation is 1. The minimum atomic E-state index is 0.308. The summed E-state index contributed by atoms with van der Waals surface area (Å²) >= 11 is 0. The van der Waals surface area contributed by atoms with Gasteiger partial charge >= 0.3 is 0 Å². The Hall–Kier alpha value is -0.940. The summed E-state index contributed by atoms with van der Waals surface area (Å²) < 4.78 is 2.27. The molecule has 3 rings (SSSR count). The Morgan fingerprint density at radius 2 is 2.17 bits per heavy atom. The number of hydrogen-bond acceptors (Lipinski definition) is 4. The molecule has 5 nitrogen and oxygen atoms in total. The summed E-state index contributed by atoms with van der Waals surface area (Å²) in [6, 6.07) is 0. The molecule has 0 aromatic carbocycles. The lowest BCUT2D eigenvalue weighted by Crippen LogP contribution is -2.26. The van der Waals surface area contributed by atoms with Crippen molar-refractivity contribution in [3.8, 4) is 0 Å². The third kappa shape index (κ3) is 2.42. The number of fused-ring (bicyclic) bond motifs is 1. The molecule has 0 saturated heterocycles. The van der Waals surface area contributed by atoms with E-state index in [0.717, 1.165) is 44.1 Å². The third-order valence-electron chi connectivity index (χ3n) is 4.32. The van der Waals surface area contributed by atoms with Gasteiger partial charge in [-0.25, -0.2) is 0 Å². The van der Waals surface area contributed by atoms with Gasteiger partial charge in [0.25, 0.3) is 0 Å². The SMILES string of the molecule is OCCC1(CNCc2nnc3n2CCCC3)CC1. The Morgan fingerprint density at radius 1 is 1.28 bits per heavy atom. The van der Waals surface area contributed by atoms with Crippen LogP contribution in [0.15, 0.2) is 0 Å². The maximum atomic E-state index is 9.03. The predicted octanol–water partition coefficient (Wildman–Crippen LogP) is 0.867. The Bertz CT molecular complexity index is 411. The van der Waals surface area contributed by atoms with Crippen molar-refractivity contribution in [1.82, 2.24) is 20.1 Å². The van der Waals surface area contributed by atoms with Gasteiger partial charge in [0.1, 0.15) is 11.6 Å². The molecule has 1 fully saturated rings. The lowest BCUT2D eigenvalue weighted by molar-refractivity contribution is 0.245. The summed E-state index contributed by atoms with van der Waals surface area (Å²) in [6.07, 6.45) is 6.98. The van der Waals surface area contributed by atoms with Crippen molar-refractivity contribution in [2.24, 2.45) is 5.41 Å². The molecule has 0 spiro atoms. The van der Waals surface area contributed by atoms with Crippen LogP contribution in [0.3, 0.4) is 0 Å². The van der Waals surface area contributed by atoms with E-state index in [9.17, 15) is 0 Å². The quantitative estimate of drug-likeness (QED) is 0.786.